The summed E-state index contributed by atoms with van der Waals surface area (Å²) < 4.78 is 30.6. The lowest BCUT2D eigenvalue weighted by Crippen LogP contribution is -2.17. The molecule has 0 unspecified atom stereocenters. The van der Waals surface area contributed by atoms with E-state index in [0.717, 1.165) is 12.1 Å². The van der Waals surface area contributed by atoms with Crippen LogP contribution in [0.25, 0.3) is 0 Å². The molecule has 1 aromatic carbocycles. The summed E-state index contributed by atoms with van der Waals surface area (Å²) in [5.41, 5.74) is 0.160. The summed E-state index contributed by atoms with van der Waals surface area (Å²) in [6, 6.07) is 6.63. The van der Waals surface area contributed by atoms with Crippen molar-refractivity contribution < 1.29 is 17.8 Å². The Balaban J connectivity index is 2.72. The highest BCUT2D eigenvalue weighted by Crippen LogP contribution is 2.14. The standard InChI is InChI=1S/C13H14ClN3O4S/c14-6-1-7-16-9-10(8-15)13(18)17-11-2-4-12(5-3-11)22(19,20)21/h2-5,9,16H,1,6-7H2,(H,17,18)(H,19,20,21)/b10-9-. The number of halogens is 1. The molecule has 0 saturated carbocycles. The lowest BCUT2D eigenvalue weighted by Gasteiger charge is -2.05. The van der Waals surface area contributed by atoms with Crippen LogP contribution in [0.5, 0.6) is 0 Å². The quantitative estimate of drug-likeness (QED) is 0.227. The van der Waals surface area contributed by atoms with Gasteiger partial charge in [-0.15, -0.1) is 11.6 Å². The first-order valence-electron chi connectivity index (χ1n) is 6.17. The number of benzene rings is 1. The van der Waals surface area contributed by atoms with Crippen molar-refractivity contribution in [1.29, 1.82) is 5.26 Å². The first kappa shape index (κ1) is 18.0. The highest BCUT2D eigenvalue weighted by Gasteiger charge is 2.11. The third-order valence-electron chi connectivity index (χ3n) is 2.48. The Morgan fingerprint density at radius 3 is 2.50 bits per heavy atom. The summed E-state index contributed by atoms with van der Waals surface area (Å²) in [6.07, 6.45) is 1.98. The summed E-state index contributed by atoms with van der Waals surface area (Å²) in [6.45, 7) is 0.533. The van der Waals surface area contributed by atoms with E-state index in [9.17, 15) is 13.2 Å². The molecule has 0 aliphatic heterocycles. The summed E-state index contributed by atoms with van der Waals surface area (Å²) in [5.74, 6) is -0.171. The molecule has 3 N–H and O–H groups in total. The van der Waals surface area contributed by atoms with E-state index >= 15 is 0 Å². The Kier molecular flexibility index (Phi) is 6.85. The lowest BCUT2D eigenvalue weighted by atomic mass is 10.2. The first-order valence-corrected chi connectivity index (χ1v) is 8.14. The van der Waals surface area contributed by atoms with E-state index in [2.05, 4.69) is 10.6 Å². The van der Waals surface area contributed by atoms with Crippen molar-refractivity contribution in [2.24, 2.45) is 0 Å². The Morgan fingerprint density at radius 2 is 2.00 bits per heavy atom. The molecule has 1 rings (SSSR count). The Hall–Kier alpha value is -2.08. The molecule has 0 saturated heterocycles. The Labute approximate surface area is 133 Å². The van der Waals surface area contributed by atoms with Crippen LogP contribution in [0.4, 0.5) is 5.69 Å². The number of anilines is 1. The minimum atomic E-state index is -4.28. The summed E-state index contributed by atoms with van der Waals surface area (Å²) >= 11 is 5.50. The third-order valence-corrected chi connectivity index (χ3v) is 3.61. The highest BCUT2D eigenvalue weighted by molar-refractivity contribution is 7.85. The van der Waals surface area contributed by atoms with Crippen molar-refractivity contribution in [2.75, 3.05) is 17.7 Å². The number of carbonyl (C=O) groups is 1. The molecular formula is C13H14ClN3O4S. The number of nitrogens with zero attached hydrogens (tertiary/aromatic N) is 1. The van der Waals surface area contributed by atoms with Gasteiger partial charge in [0.25, 0.3) is 16.0 Å². The second kappa shape index (κ2) is 8.38. The van der Waals surface area contributed by atoms with Crippen LogP contribution < -0.4 is 10.6 Å². The zero-order valence-electron chi connectivity index (χ0n) is 11.4. The fourth-order valence-electron chi connectivity index (χ4n) is 1.40. The van der Waals surface area contributed by atoms with Crippen molar-refractivity contribution in [2.45, 2.75) is 11.3 Å². The molecule has 9 heteroatoms. The van der Waals surface area contributed by atoms with Gasteiger partial charge in [0, 0.05) is 24.3 Å². The van der Waals surface area contributed by atoms with Crippen LogP contribution in [0.15, 0.2) is 40.9 Å². The SMILES string of the molecule is N#C/C(=C/NCCCCl)C(=O)Nc1ccc(S(=O)(=O)O)cc1. The van der Waals surface area contributed by atoms with Gasteiger partial charge in [0.1, 0.15) is 11.6 Å². The predicted octanol–water partition coefficient (Wildman–Crippen LogP) is 1.50. The average molecular weight is 344 g/mol. The van der Waals surface area contributed by atoms with Gasteiger partial charge >= 0.3 is 0 Å². The molecule has 0 atom stereocenters. The zero-order chi connectivity index (χ0) is 16.6. The molecule has 22 heavy (non-hydrogen) atoms. The third kappa shape index (κ3) is 5.73. The largest absolute Gasteiger partial charge is 0.390 e. The van der Waals surface area contributed by atoms with Crippen molar-refractivity contribution in [3.05, 3.63) is 36.0 Å². The van der Waals surface area contributed by atoms with Crippen molar-refractivity contribution in [3.63, 3.8) is 0 Å². The fraction of sp³-hybridized carbons (Fsp3) is 0.231. The van der Waals surface area contributed by atoms with Crippen LogP contribution in [0.2, 0.25) is 0 Å². The second-order valence-corrected chi connectivity index (χ2v) is 5.92. The van der Waals surface area contributed by atoms with Crippen LogP contribution in [-0.2, 0) is 14.9 Å². The smallest absolute Gasteiger partial charge is 0.294 e. The van der Waals surface area contributed by atoms with Crippen LogP contribution >= 0.6 is 11.6 Å². The van der Waals surface area contributed by atoms with Crippen molar-refractivity contribution in [1.82, 2.24) is 5.32 Å². The molecular weight excluding hydrogens is 330 g/mol. The number of nitrogens with one attached hydrogen (secondary N) is 2. The number of alkyl halides is 1. The fourth-order valence-corrected chi connectivity index (χ4v) is 2.01. The number of carbonyl (C=O) groups excluding carboxylic acids is 1. The van der Waals surface area contributed by atoms with Crippen molar-refractivity contribution in [3.8, 4) is 6.07 Å². The maximum atomic E-state index is 11.9. The Bertz CT molecular complexity index is 693. The zero-order valence-corrected chi connectivity index (χ0v) is 13.0. The average Bonchev–Trinajstić information content (AvgIpc) is 2.47. The van der Waals surface area contributed by atoms with Gasteiger partial charge in [0.05, 0.1) is 4.90 Å². The summed E-state index contributed by atoms with van der Waals surface area (Å²) in [7, 11) is -4.28. The van der Waals surface area contributed by atoms with Gasteiger partial charge in [0.15, 0.2) is 0 Å². The molecule has 118 valence electrons. The van der Waals surface area contributed by atoms with Crippen LogP contribution in [-0.4, -0.2) is 31.3 Å². The monoisotopic (exact) mass is 343 g/mol. The van der Waals surface area contributed by atoms with Crippen molar-refractivity contribution >= 4 is 33.3 Å². The van der Waals surface area contributed by atoms with E-state index in [-0.39, 0.29) is 10.5 Å². The predicted molar refractivity (Wildman–Crippen MR) is 81.9 cm³/mol. The van der Waals surface area contributed by atoms with E-state index in [0.29, 0.717) is 24.5 Å². The number of rotatable bonds is 7. The van der Waals surface area contributed by atoms with E-state index in [1.54, 1.807) is 6.07 Å². The molecule has 0 spiro atoms. The molecule has 0 fully saturated rings. The van der Waals surface area contributed by atoms with Gasteiger partial charge in [0.2, 0.25) is 0 Å². The molecule has 0 heterocycles. The number of hydrogen-bond acceptors (Lipinski definition) is 5. The van der Waals surface area contributed by atoms with E-state index < -0.39 is 16.0 Å². The minimum absolute atomic E-state index is 0.131. The van der Waals surface area contributed by atoms with Gasteiger partial charge in [-0.3, -0.25) is 9.35 Å². The molecule has 0 aromatic heterocycles. The second-order valence-electron chi connectivity index (χ2n) is 4.12. The molecule has 0 aliphatic rings. The molecule has 1 aromatic rings. The van der Waals surface area contributed by atoms with E-state index in [1.165, 1.54) is 18.3 Å². The maximum Gasteiger partial charge on any atom is 0.294 e. The van der Waals surface area contributed by atoms with Gasteiger partial charge < -0.3 is 10.6 Å². The minimum Gasteiger partial charge on any atom is -0.390 e. The van der Waals surface area contributed by atoms with Gasteiger partial charge in [-0.2, -0.15) is 13.7 Å². The maximum absolute atomic E-state index is 11.9. The van der Waals surface area contributed by atoms with Gasteiger partial charge in [-0.25, -0.2) is 0 Å². The molecule has 1 amide bonds. The molecule has 0 bridgehead atoms. The van der Waals surface area contributed by atoms with Gasteiger partial charge in [-0.1, -0.05) is 0 Å². The van der Waals surface area contributed by atoms with E-state index in [1.807, 2.05) is 0 Å². The summed E-state index contributed by atoms with van der Waals surface area (Å²) in [5, 5.41) is 14.2. The summed E-state index contributed by atoms with van der Waals surface area (Å²) in [4.78, 5) is 11.6. The van der Waals surface area contributed by atoms with Crippen LogP contribution in [0.1, 0.15) is 6.42 Å². The van der Waals surface area contributed by atoms with Gasteiger partial charge in [-0.05, 0) is 30.7 Å². The highest BCUT2D eigenvalue weighted by atomic mass is 35.5. The normalized spacial score (nSPS) is 11.6. The topological polar surface area (TPSA) is 119 Å². The number of amides is 1. The van der Waals surface area contributed by atoms with Crippen LogP contribution in [0.3, 0.4) is 0 Å². The Morgan fingerprint density at radius 1 is 1.36 bits per heavy atom. The van der Waals surface area contributed by atoms with E-state index in [4.69, 9.17) is 21.4 Å². The number of nitriles is 1. The molecule has 0 radical (unpaired) electrons. The lowest BCUT2D eigenvalue weighted by molar-refractivity contribution is -0.112. The first-order chi connectivity index (χ1) is 10.4. The molecule has 0 aliphatic carbocycles. The molecule has 7 nitrogen and oxygen atoms in total. The number of hydrogen-bond donors (Lipinski definition) is 3. The van der Waals surface area contributed by atoms with Crippen LogP contribution in [0, 0.1) is 11.3 Å².